The van der Waals surface area contributed by atoms with Gasteiger partial charge in [-0.1, -0.05) is 36.8 Å². The summed E-state index contributed by atoms with van der Waals surface area (Å²) in [7, 11) is 0.926. The van der Waals surface area contributed by atoms with Crippen molar-refractivity contribution in [3.63, 3.8) is 0 Å². The SMILES string of the molecule is CO[C@@](C(=O)O[C@@H]1C[C@H]2CC[C@@H]3N4CCC[C@@H]5CCC[C@H]([C@@H]54)[C@H]4OC[C@H](C1)[C@@H]2N43)(c1ccccc1)C(F)(F)F. The lowest BCUT2D eigenvalue weighted by molar-refractivity contribution is -0.302. The quantitative estimate of drug-likeness (QED) is 0.490. The van der Waals surface area contributed by atoms with Crippen LogP contribution in [0, 0.1) is 23.7 Å². The van der Waals surface area contributed by atoms with Gasteiger partial charge in [-0.05, 0) is 69.7 Å². The van der Waals surface area contributed by atoms with E-state index in [1.807, 2.05) is 0 Å². The second-order valence-electron chi connectivity index (χ2n) is 12.7. The zero-order valence-electron chi connectivity index (χ0n) is 22.5. The lowest BCUT2D eigenvalue weighted by Crippen LogP contribution is -2.77. The standard InChI is InChI=1S/C30H39F3N2O4/c1-37-29(30(31,32)33,21-9-3-2-4-10-21)28(36)39-22-15-19-12-13-24-34-14-6-8-18-7-5-11-23(26(18)34)27-35(24)25(19)20(16-22)17-38-27/h2-4,9-10,18-20,22-27H,5-8,11-17H2,1H3/t18-,19+,20-,22+,23+,24+,25+,26+,27+,29+/m0/s1. The first-order valence-electron chi connectivity index (χ1n) is 14.9. The molecule has 4 saturated heterocycles. The number of benzene rings is 1. The highest BCUT2D eigenvalue weighted by atomic mass is 19.4. The van der Waals surface area contributed by atoms with Crippen molar-refractivity contribution < 1.29 is 32.2 Å². The average molecular weight is 549 g/mol. The molecule has 39 heavy (non-hydrogen) atoms. The molecule has 0 aromatic heterocycles. The van der Waals surface area contributed by atoms with Gasteiger partial charge in [0.05, 0.1) is 12.8 Å². The van der Waals surface area contributed by atoms with E-state index < -0.39 is 23.9 Å². The number of hydrogen-bond donors (Lipinski definition) is 0. The summed E-state index contributed by atoms with van der Waals surface area (Å²) in [4.78, 5) is 18.8. The van der Waals surface area contributed by atoms with Crippen molar-refractivity contribution >= 4 is 5.97 Å². The van der Waals surface area contributed by atoms with Gasteiger partial charge in [0.1, 0.15) is 12.3 Å². The van der Waals surface area contributed by atoms with Crippen molar-refractivity contribution in [1.82, 2.24) is 9.80 Å². The number of rotatable bonds is 4. The largest absolute Gasteiger partial charge is 0.460 e. The molecular formula is C30H39F3N2O4. The van der Waals surface area contributed by atoms with Gasteiger partial charge in [0.15, 0.2) is 0 Å². The van der Waals surface area contributed by atoms with Crippen molar-refractivity contribution in [2.45, 2.75) is 100 Å². The minimum Gasteiger partial charge on any atom is -0.460 e. The zero-order valence-corrected chi connectivity index (χ0v) is 22.5. The van der Waals surface area contributed by atoms with E-state index in [1.165, 1.54) is 56.4 Å². The van der Waals surface area contributed by atoms with Crippen LogP contribution in [0.4, 0.5) is 13.2 Å². The topological polar surface area (TPSA) is 51.2 Å². The Hall–Kier alpha value is -1.68. The fourth-order valence-electron chi connectivity index (χ4n) is 9.62. The molecule has 4 heterocycles. The molecule has 6 aliphatic rings. The molecule has 6 fully saturated rings. The Labute approximate surface area is 228 Å². The fourth-order valence-corrected chi connectivity index (χ4v) is 9.62. The van der Waals surface area contributed by atoms with E-state index in [0.717, 1.165) is 32.4 Å². The monoisotopic (exact) mass is 548 g/mol. The molecule has 0 amide bonds. The predicted molar refractivity (Wildman–Crippen MR) is 136 cm³/mol. The third-order valence-electron chi connectivity index (χ3n) is 11.0. The first-order chi connectivity index (χ1) is 18.8. The van der Waals surface area contributed by atoms with E-state index in [4.69, 9.17) is 14.2 Å². The van der Waals surface area contributed by atoms with Crippen molar-refractivity contribution in [1.29, 1.82) is 0 Å². The van der Waals surface area contributed by atoms with E-state index in [0.29, 0.717) is 43.6 Å². The molecule has 1 aromatic rings. The molecule has 0 unspecified atom stereocenters. The Morgan fingerprint density at radius 1 is 0.949 bits per heavy atom. The fraction of sp³-hybridized carbons (Fsp3) is 0.767. The number of carbonyl (C=O) groups excluding carboxylic acids is 1. The molecule has 7 rings (SSSR count). The Bertz CT molecular complexity index is 1030. The third kappa shape index (κ3) is 3.93. The minimum absolute atomic E-state index is 0.140. The number of nitrogens with zero attached hydrogens (tertiary/aromatic N) is 2. The van der Waals surface area contributed by atoms with Crippen LogP contribution in [0.15, 0.2) is 30.3 Å². The van der Waals surface area contributed by atoms with Gasteiger partial charge < -0.3 is 14.2 Å². The number of ether oxygens (including phenoxy) is 3. The van der Waals surface area contributed by atoms with E-state index in [-0.39, 0.29) is 23.6 Å². The molecule has 6 nitrogen and oxygen atoms in total. The molecule has 0 spiro atoms. The summed E-state index contributed by atoms with van der Waals surface area (Å²) in [5.41, 5.74) is -3.41. The van der Waals surface area contributed by atoms with E-state index >= 15 is 0 Å². The summed E-state index contributed by atoms with van der Waals surface area (Å²) in [5.74, 6) is 0.367. The Kier molecular flexibility index (Phi) is 6.53. The third-order valence-corrected chi connectivity index (χ3v) is 11.0. The molecule has 0 bridgehead atoms. The second kappa shape index (κ2) is 9.71. The van der Waals surface area contributed by atoms with Crippen molar-refractivity contribution in [3.8, 4) is 0 Å². The van der Waals surface area contributed by atoms with Gasteiger partial charge >= 0.3 is 12.1 Å². The summed E-state index contributed by atoms with van der Waals surface area (Å²) in [5, 5.41) is 0. The molecule has 2 aliphatic carbocycles. The molecule has 2 saturated carbocycles. The summed E-state index contributed by atoms with van der Waals surface area (Å²) >= 11 is 0. The van der Waals surface area contributed by atoms with Gasteiger partial charge in [0.2, 0.25) is 0 Å². The highest BCUT2D eigenvalue weighted by Crippen LogP contribution is 2.54. The van der Waals surface area contributed by atoms with Crippen LogP contribution < -0.4 is 0 Å². The highest BCUT2D eigenvalue weighted by molar-refractivity contribution is 5.82. The molecule has 214 valence electrons. The van der Waals surface area contributed by atoms with Crippen molar-refractivity contribution in [2.24, 2.45) is 23.7 Å². The number of piperidine rings is 2. The van der Waals surface area contributed by atoms with Crippen molar-refractivity contribution in [2.75, 3.05) is 20.3 Å². The maximum Gasteiger partial charge on any atom is 0.432 e. The Morgan fingerprint density at radius 3 is 2.49 bits per heavy atom. The maximum absolute atomic E-state index is 14.5. The van der Waals surface area contributed by atoms with Gasteiger partial charge in [0.25, 0.3) is 5.60 Å². The molecule has 10 atom stereocenters. The van der Waals surface area contributed by atoms with E-state index in [1.54, 1.807) is 6.07 Å². The van der Waals surface area contributed by atoms with Crippen LogP contribution in [0.5, 0.6) is 0 Å². The molecule has 1 aromatic carbocycles. The second-order valence-corrected chi connectivity index (χ2v) is 12.7. The normalized spacial score (nSPS) is 41.6. The van der Waals surface area contributed by atoms with Crippen LogP contribution in [-0.4, -0.2) is 72.8 Å². The van der Waals surface area contributed by atoms with Crippen molar-refractivity contribution in [3.05, 3.63) is 35.9 Å². The molecule has 0 radical (unpaired) electrons. The summed E-state index contributed by atoms with van der Waals surface area (Å²) in [6.07, 6.45) is 4.56. The number of methoxy groups -OCH3 is 1. The molecular weight excluding hydrogens is 509 g/mol. The van der Waals surface area contributed by atoms with E-state index in [2.05, 4.69) is 9.80 Å². The molecule has 9 heteroatoms. The van der Waals surface area contributed by atoms with E-state index in [9.17, 15) is 18.0 Å². The lowest BCUT2D eigenvalue weighted by Gasteiger charge is -2.68. The van der Waals surface area contributed by atoms with Gasteiger partial charge in [0, 0.05) is 36.6 Å². The van der Waals surface area contributed by atoms with Crippen LogP contribution in [0.1, 0.15) is 63.4 Å². The summed E-state index contributed by atoms with van der Waals surface area (Å²) in [6.45, 7) is 1.74. The number of fused-ring (bicyclic) bond motifs is 2. The minimum atomic E-state index is -4.97. The average Bonchev–Trinajstić information content (AvgIpc) is 2.93. The first-order valence-corrected chi connectivity index (χ1v) is 14.9. The maximum atomic E-state index is 14.5. The number of halogens is 3. The number of hydrogen-bond acceptors (Lipinski definition) is 6. The zero-order chi connectivity index (χ0) is 26.9. The number of carbonyl (C=O) groups is 1. The van der Waals surface area contributed by atoms with Gasteiger partial charge in [-0.3, -0.25) is 9.80 Å². The molecule has 0 N–H and O–H groups in total. The first kappa shape index (κ1) is 26.2. The van der Waals surface area contributed by atoms with Gasteiger partial charge in [-0.2, -0.15) is 13.2 Å². The number of alkyl halides is 3. The Morgan fingerprint density at radius 2 is 1.72 bits per heavy atom. The van der Waals surface area contributed by atoms with Crippen LogP contribution in [0.25, 0.3) is 0 Å². The lowest BCUT2D eigenvalue weighted by atomic mass is 9.64. The highest BCUT2D eigenvalue weighted by Gasteiger charge is 2.65. The van der Waals surface area contributed by atoms with Crippen LogP contribution in [-0.2, 0) is 24.6 Å². The summed E-state index contributed by atoms with van der Waals surface area (Å²) in [6, 6.07) is 8.07. The smallest absolute Gasteiger partial charge is 0.432 e. The Balaban J connectivity index is 1.13. The van der Waals surface area contributed by atoms with Crippen LogP contribution in [0.3, 0.4) is 0 Å². The summed E-state index contributed by atoms with van der Waals surface area (Å²) < 4.78 is 60.7. The van der Waals surface area contributed by atoms with Crippen LogP contribution in [0.2, 0.25) is 0 Å². The van der Waals surface area contributed by atoms with Gasteiger partial charge in [-0.15, -0.1) is 0 Å². The van der Waals surface area contributed by atoms with Crippen LogP contribution >= 0.6 is 0 Å². The predicted octanol–water partition coefficient (Wildman–Crippen LogP) is 5.07. The van der Waals surface area contributed by atoms with Gasteiger partial charge in [-0.25, -0.2) is 4.79 Å². The number of esters is 1. The molecule has 4 aliphatic heterocycles.